The van der Waals surface area contributed by atoms with Crippen molar-refractivity contribution in [2.45, 2.75) is 19.0 Å². The molecule has 1 aromatic carbocycles. The molecule has 0 spiro atoms. The Morgan fingerprint density at radius 2 is 2.20 bits per heavy atom. The molecule has 0 bridgehead atoms. The van der Waals surface area contributed by atoms with Gasteiger partial charge in [0.2, 0.25) is 5.91 Å². The second-order valence-corrected chi connectivity index (χ2v) is 5.58. The molecule has 106 valence electrons. The van der Waals surface area contributed by atoms with Gasteiger partial charge >= 0.3 is 0 Å². The van der Waals surface area contributed by atoms with Crippen LogP contribution < -0.4 is 11.1 Å². The van der Waals surface area contributed by atoms with Gasteiger partial charge in [-0.15, -0.1) is 0 Å². The van der Waals surface area contributed by atoms with E-state index in [1.54, 1.807) is 18.0 Å². The Hall–Kier alpha value is -1.59. The van der Waals surface area contributed by atoms with Gasteiger partial charge in [0.1, 0.15) is 0 Å². The molecule has 1 aromatic heterocycles. The molecular formula is C15H19N3OS. The van der Waals surface area contributed by atoms with E-state index in [2.05, 4.69) is 10.3 Å². The number of benzene rings is 1. The Bertz CT molecular complexity index is 583. The number of carbonyl (C=O) groups excluding carboxylic acids is 1. The zero-order valence-corrected chi connectivity index (χ0v) is 12.3. The number of pyridine rings is 1. The van der Waals surface area contributed by atoms with Crippen molar-refractivity contribution in [1.29, 1.82) is 0 Å². The first kappa shape index (κ1) is 14.8. The van der Waals surface area contributed by atoms with E-state index in [-0.39, 0.29) is 5.91 Å². The lowest BCUT2D eigenvalue weighted by molar-refractivity contribution is -0.122. The van der Waals surface area contributed by atoms with Crippen LogP contribution in [0.1, 0.15) is 12.0 Å². The summed E-state index contributed by atoms with van der Waals surface area (Å²) < 4.78 is 0. The van der Waals surface area contributed by atoms with Gasteiger partial charge in [0.05, 0.1) is 11.6 Å². The Morgan fingerprint density at radius 1 is 1.40 bits per heavy atom. The van der Waals surface area contributed by atoms with Crippen LogP contribution in [0.25, 0.3) is 10.9 Å². The summed E-state index contributed by atoms with van der Waals surface area (Å²) in [4.78, 5) is 16.3. The van der Waals surface area contributed by atoms with Crippen LogP contribution in [0.15, 0.2) is 36.5 Å². The Balaban J connectivity index is 2.01. The molecule has 2 rings (SSSR count). The molecule has 0 saturated heterocycles. The zero-order chi connectivity index (χ0) is 14.4. The molecule has 0 aliphatic carbocycles. The second kappa shape index (κ2) is 7.26. The van der Waals surface area contributed by atoms with E-state index in [0.29, 0.717) is 13.0 Å². The maximum Gasteiger partial charge on any atom is 0.237 e. The molecule has 0 aliphatic rings. The van der Waals surface area contributed by atoms with Crippen LogP contribution in [0.5, 0.6) is 0 Å². The number of amides is 1. The Morgan fingerprint density at radius 3 is 3.00 bits per heavy atom. The average molecular weight is 289 g/mol. The van der Waals surface area contributed by atoms with Gasteiger partial charge in [0.25, 0.3) is 0 Å². The largest absolute Gasteiger partial charge is 0.351 e. The normalized spacial score (nSPS) is 12.3. The minimum Gasteiger partial charge on any atom is -0.351 e. The van der Waals surface area contributed by atoms with Crippen LogP contribution in [0.3, 0.4) is 0 Å². The lowest BCUT2D eigenvalue weighted by Gasteiger charge is -2.12. The molecule has 2 aromatic rings. The fourth-order valence-electron chi connectivity index (χ4n) is 2.00. The van der Waals surface area contributed by atoms with Crippen LogP contribution in [0.4, 0.5) is 0 Å². The van der Waals surface area contributed by atoms with Crippen molar-refractivity contribution in [2.24, 2.45) is 5.73 Å². The Kier molecular flexibility index (Phi) is 5.38. The summed E-state index contributed by atoms with van der Waals surface area (Å²) >= 11 is 1.69. The summed E-state index contributed by atoms with van der Waals surface area (Å²) in [6, 6.07) is 9.44. The number of para-hydroxylation sites is 1. The minimum absolute atomic E-state index is 0.105. The second-order valence-electron chi connectivity index (χ2n) is 4.60. The predicted molar refractivity (Wildman–Crippen MR) is 84.6 cm³/mol. The number of nitrogens with two attached hydrogens (primary N) is 1. The van der Waals surface area contributed by atoms with E-state index in [4.69, 9.17) is 5.73 Å². The van der Waals surface area contributed by atoms with Crippen molar-refractivity contribution in [1.82, 2.24) is 10.3 Å². The zero-order valence-electron chi connectivity index (χ0n) is 11.5. The van der Waals surface area contributed by atoms with Gasteiger partial charge in [-0.25, -0.2) is 0 Å². The van der Waals surface area contributed by atoms with E-state index in [1.165, 1.54) is 0 Å². The lowest BCUT2D eigenvalue weighted by atomic mass is 10.1. The Labute approximate surface area is 123 Å². The third-order valence-corrected chi connectivity index (χ3v) is 3.78. The molecule has 0 aliphatic heterocycles. The molecular weight excluding hydrogens is 270 g/mol. The monoisotopic (exact) mass is 289 g/mol. The van der Waals surface area contributed by atoms with Crippen LogP contribution in [-0.4, -0.2) is 28.9 Å². The molecule has 5 heteroatoms. The van der Waals surface area contributed by atoms with Crippen LogP contribution in [0.2, 0.25) is 0 Å². The highest BCUT2D eigenvalue weighted by Gasteiger charge is 2.12. The molecule has 1 amide bonds. The van der Waals surface area contributed by atoms with Crippen molar-refractivity contribution < 1.29 is 4.79 Å². The van der Waals surface area contributed by atoms with Crippen molar-refractivity contribution in [3.8, 4) is 0 Å². The highest BCUT2D eigenvalue weighted by Crippen LogP contribution is 2.15. The van der Waals surface area contributed by atoms with E-state index >= 15 is 0 Å². The number of carbonyl (C=O) groups is 1. The van der Waals surface area contributed by atoms with E-state index < -0.39 is 6.04 Å². The van der Waals surface area contributed by atoms with Gasteiger partial charge < -0.3 is 11.1 Å². The fourth-order valence-corrected chi connectivity index (χ4v) is 2.49. The lowest BCUT2D eigenvalue weighted by Crippen LogP contribution is -2.40. The van der Waals surface area contributed by atoms with Gasteiger partial charge in [0, 0.05) is 18.1 Å². The first-order valence-electron chi connectivity index (χ1n) is 6.57. The smallest absolute Gasteiger partial charge is 0.237 e. The highest BCUT2D eigenvalue weighted by molar-refractivity contribution is 7.98. The van der Waals surface area contributed by atoms with Crippen LogP contribution in [-0.2, 0) is 11.3 Å². The van der Waals surface area contributed by atoms with Crippen molar-refractivity contribution in [3.63, 3.8) is 0 Å². The number of nitrogens with zero attached hydrogens (tertiary/aromatic N) is 1. The molecule has 0 fully saturated rings. The maximum atomic E-state index is 11.9. The first-order chi connectivity index (χ1) is 9.72. The van der Waals surface area contributed by atoms with Crippen molar-refractivity contribution in [3.05, 3.63) is 42.1 Å². The van der Waals surface area contributed by atoms with E-state index in [9.17, 15) is 4.79 Å². The minimum atomic E-state index is -0.439. The highest BCUT2D eigenvalue weighted by atomic mass is 32.2. The SMILES string of the molecule is CSCC[C@H](N)C(=O)NCc1cccc2cccnc12. The molecule has 1 atom stereocenters. The summed E-state index contributed by atoms with van der Waals surface area (Å²) in [7, 11) is 0. The number of hydrogen-bond acceptors (Lipinski definition) is 4. The summed E-state index contributed by atoms with van der Waals surface area (Å²) in [6.07, 6.45) is 4.46. The number of thioether (sulfide) groups is 1. The first-order valence-corrected chi connectivity index (χ1v) is 7.96. The van der Waals surface area contributed by atoms with E-state index in [1.807, 2.05) is 36.6 Å². The summed E-state index contributed by atoms with van der Waals surface area (Å²) in [5.41, 5.74) is 7.77. The van der Waals surface area contributed by atoms with Gasteiger partial charge in [-0.3, -0.25) is 9.78 Å². The molecule has 4 nitrogen and oxygen atoms in total. The molecule has 0 radical (unpaired) electrons. The summed E-state index contributed by atoms with van der Waals surface area (Å²) in [5, 5.41) is 3.96. The molecule has 0 saturated carbocycles. The number of rotatable bonds is 6. The van der Waals surface area contributed by atoms with Gasteiger partial charge in [-0.05, 0) is 30.1 Å². The topological polar surface area (TPSA) is 68.0 Å². The maximum absolute atomic E-state index is 11.9. The third-order valence-electron chi connectivity index (χ3n) is 3.14. The number of aromatic nitrogens is 1. The average Bonchev–Trinajstić information content (AvgIpc) is 2.50. The van der Waals surface area contributed by atoms with Gasteiger partial charge in [-0.1, -0.05) is 24.3 Å². The van der Waals surface area contributed by atoms with E-state index in [0.717, 1.165) is 22.2 Å². The number of hydrogen-bond donors (Lipinski definition) is 2. The molecule has 1 heterocycles. The number of fused-ring (bicyclic) bond motifs is 1. The molecule has 0 unspecified atom stereocenters. The van der Waals surface area contributed by atoms with Crippen molar-refractivity contribution in [2.75, 3.05) is 12.0 Å². The predicted octanol–water partition coefficient (Wildman–Crippen LogP) is 1.93. The molecule has 20 heavy (non-hydrogen) atoms. The van der Waals surface area contributed by atoms with Crippen LogP contribution in [0, 0.1) is 0 Å². The summed E-state index contributed by atoms with van der Waals surface area (Å²) in [6.45, 7) is 0.458. The summed E-state index contributed by atoms with van der Waals surface area (Å²) in [5.74, 6) is 0.789. The van der Waals surface area contributed by atoms with Gasteiger partial charge in [-0.2, -0.15) is 11.8 Å². The number of nitrogens with one attached hydrogen (secondary N) is 1. The van der Waals surface area contributed by atoms with Crippen LogP contribution >= 0.6 is 11.8 Å². The van der Waals surface area contributed by atoms with Gasteiger partial charge in [0.15, 0.2) is 0 Å². The quantitative estimate of drug-likeness (QED) is 0.852. The third kappa shape index (κ3) is 3.71. The fraction of sp³-hybridized carbons (Fsp3) is 0.333. The van der Waals surface area contributed by atoms with Crippen molar-refractivity contribution >= 4 is 28.6 Å². The standard InChI is InChI=1S/C15H19N3OS/c1-20-9-7-13(16)15(19)18-10-12-5-2-4-11-6-3-8-17-14(11)12/h2-6,8,13H,7,9-10,16H2,1H3,(H,18,19)/t13-/m0/s1. The molecule has 3 N–H and O–H groups in total.